The Hall–Kier alpha value is -1.04. The summed E-state index contributed by atoms with van der Waals surface area (Å²) in [5, 5.41) is 9.46. The lowest BCUT2D eigenvalue weighted by Gasteiger charge is -2.02. The minimum absolute atomic E-state index is 0.0365. The van der Waals surface area contributed by atoms with Gasteiger partial charge in [0.05, 0.1) is 16.3 Å². The van der Waals surface area contributed by atoms with Crippen molar-refractivity contribution >= 4 is 39.0 Å². The van der Waals surface area contributed by atoms with Crippen molar-refractivity contribution in [3.8, 4) is 0 Å². The van der Waals surface area contributed by atoms with Gasteiger partial charge < -0.3 is 5.11 Å². The molecule has 0 radical (unpaired) electrons. The van der Waals surface area contributed by atoms with Gasteiger partial charge in [-0.2, -0.15) is 0 Å². The van der Waals surface area contributed by atoms with Crippen LogP contribution < -0.4 is 0 Å². The highest BCUT2D eigenvalue weighted by molar-refractivity contribution is 7.94. The SMILES string of the molecule is O=C(O)CC=CS(=O)(=O)c1cc(Cl)ccc1Cl. The third-order valence-corrected chi connectivity index (χ3v) is 3.95. The van der Waals surface area contributed by atoms with Crippen molar-refractivity contribution < 1.29 is 18.3 Å². The van der Waals surface area contributed by atoms with Crippen LogP contribution in [0.5, 0.6) is 0 Å². The van der Waals surface area contributed by atoms with Crippen LogP contribution in [0.1, 0.15) is 6.42 Å². The first-order valence-corrected chi connectivity index (χ1v) is 6.71. The second-order valence-electron chi connectivity index (χ2n) is 3.09. The van der Waals surface area contributed by atoms with Gasteiger partial charge in [-0.3, -0.25) is 4.79 Å². The Balaban J connectivity index is 3.09. The Kier molecular flexibility index (Phi) is 4.56. The molecule has 0 atom stereocenters. The van der Waals surface area contributed by atoms with E-state index in [9.17, 15) is 13.2 Å². The molecule has 0 spiro atoms. The Morgan fingerprint density at radius 2 is 2.00 bits per heavy atom. The summed E-state index contributed by atoms with van der Waals surface area (Å²) in [5.41, 5.74) is 0. The number of rotatable bonds is 4. The van der Waals surface area contributed by atoms with E-state index in [2.05, 4.69) is 0 Å². The van der Waals surface area contributed by atoms with E-state index in [-0.39, 0.29) is 21.4 Å². The molecular formula is C10H8Cl2O4S. The van der Waals surface area contributed by atoms with Crippen LogP contribution >= 0.6 is 23.2 Å². The molecule has 17 heavy (non-hydrogen) atoms. The molecule has 0 aliphatic heterocycles. The van der Waals surface area contributed by atoms with Crippen molar-refractivity contribution in [3.63, 3.8) is 0 Å². The zero-order valence-corrected chi connectivity index (χ0v) is 10.8. The average Bonchev–Trinajstić information content (AvgIpc) is 2.20. The molecule has 0 bridgehead atoms. The molecule has 1 rings (SSSR count). The van der Waals surface area contributed by atoms with Crippen molar-refractivity contribution in [1.82, 2.24) is 0 Å². The monoisotopic (exact) mass is 294 g/mol. The van der Waals surface area contributed by atoms with Crippen LogP contribution in [0.15, 0.2) is 34.6 Å². The fourth-order valence-corrected chi connectivity index (χ4v) is 2.85. The number of hydrogen-bond acceptors (Lipinski definition) is 3. The first-order valence-electron chi connectivity index (χ1n) is 4.41. The zero-order chi connectivity index (χ0) is 13.1. The van der Waals surface area contributed by atoms with Crippen molar-refractivity contribution in [1.29, 1.82) is 0 Å². The number of aliphatic carboxylic acids is 1. The van der Waals surface area contributed by atoms with Gasteiger partial charge in [-0.05, 0) is 18.2 Å². The molecule has 0 aliphatic carbocycles. The molecular weight excluding hydrogens is 287 g/mol. The van der Waals surface area contributed by atoms with Gasteiger partial charge in [-0.15, -0.1) is 0 Å². The average molecular weight is 295 g/mol. The van der Waals surface area contributed by atoms with Crippen LogP contribution in [0.2, 0.25) is 10.0 Å². The van der Waals surface area contributed by atoms with Gasteiger partial charge in [0.1, 0.15) is 0 Å². The molecule has 1 aromatic rings. The maximum Gasteiger partial charge on any atom is 0.307 e. The predicted molar refractivity (Wildman–Crippen MR) is 65.0 cm³/mol. The topological polar surface area (TPSA) is 71.4 Å². The lowest BCUT2D eigenvalue weighted by molar-refractivity contribution is -0.135. The fraction of sp³-hybridized carbons (Fsp3) is 0.100. The van der Waals surface area contributed by atoms with Crippen LogP contribution in [0, 0.1) is 0 Å². The summed E-state index contributed by atoms with van der Waals surface area (Å²) in [6, 6.07) is 4.04. The minimum Gasteiger partial charge on any atom is -0.481 e. The third-order valence-electron chi connectivity index (χ3n) is 1.77. The molecule has 1 aromatic carbocycles. The second-order valence-corrected chi connectivity index (χ2v) is 5.74. The minimum atomic E-state index is -3.77. The van der Waals surface area contributed by atoms with Gasteiger partial charge in [0, 0.05) is 10.4 Å². The highest BCUT2D eigenvalue weighted by Gasteiger charge is 2.15. The second kappa shape index (κ2) is 5.53. The maximum atomic E-state index is 11.8. The number of carbonyl (C=O) groups is 1. The summed E-state index contributed by atoms with van der Waals surface area (Å²) in [4.78, 5) is 10.1. The summed E-state index contributed by atoms with van der Waals surface area (Å²) < 4.78 is 23.5. The Morgan fingerprint density at radius 3 is 2.59 bits per heavy atom. The molecule has 0 saturated carbocycles. The molecule has 4 nitrogen and oxygen atoms in total. The number of hydrogen-bond donors (Lipinski definition) is 1. The van der Waals surface area contributed by atoms with E-state index in [4.69, 9.17) is 28.3 Å². The van der Waals surface area contributed by atoms with Gasteiger partial charge in [0.15, 0.2) is 0 Å². The van der Waals surface area contributed by atoms with Gasteiger partial charge in [-0.25, -0.2) is 8.42 Å². The molecule has 0 heterocycles. The fourth-order valence-electron chi connectivity index (χ4n) is 1.04. The van der Waals surface area contributed by atoms with Crippen LogP contribution in [-0.2, 0) is 14.6 Å². The molecule has 0 aromatic heterocycles. The predicted octanol–water partition coefficient (Wildman–Crippen LogP) is 2.76. The molecule has 0 amide bonds. The Morgan fingerprint density at radius 1 is 1.35 bits per heavy atom. The molecule has 7 heteroatoms. The molecule has 0 aliphatic rings. The highest BCUT2D eigenvalue weighted by atomic mass is 35.5. The molecule has 92 valence electrons. The van der Waals surface area contributed by atoms with E-state index in [1.54, 1.807) is 0 Å². The van der Waals surface area contributed by atoms with Crippen molar-refractivity contribution in [3.05, 3.63) is 39.7 Å². The first kappa shape index (κ1) is 14.0. The maximum absolute atomic E-state index is 11.8. The van der Waals surface area contributed by atoms with Crippen molar-refractivity contribution in [2.75, 3.05) is 0 Å². The summed E-state index contributed by atoms with van der Waals surface area (Å²) in [5.74, 6) is -1.12. The Bertz CT molecular complexity index is 564. The van der Waals surface area contributed by atoms with Crippen LogP contribution in [0.25, 0.3) is 0 Å². The van der Waals surface area contributed by atoms with Crippen molar-refractivity contribution in [2.24, 2.45) is 0 Å². The van der Waals surface area contributed by atoms with E-state index in [1.165, 1.54) is 18.2 Å². The van der Waals surface area contributed by atoms with Crippen molar-refractivity contribution in [2.45, 2.75) is 11.3 Å². The lowest BCUT2D eigenvalue weighted by Crippen LogP contribution is -1.98. The number of sulfone groups is 1. The van der Waals surface area contributed by atoms with E-state index < -0.39 is 15.8 Å². The number of carboxylic acids is 1. The van der Waals surface area contributed by atoms with E-state index >= 15 is 0 Å². The first-order chi connectivity index (χ1) is 7.83. The number of benzene rings is 1. The normalized spacial score (nSPS) is 11.9. The zero-order valence-electron chi connectivity index (χ0n) is 8.43. The highest BCUT2D eigenvalue weighted by Crippen LogP contribution is 2.26. The van der Waals surface area contributed by atoms with Crippen LogP contribution in [0.4, 0.5) is 0 Å². The summed E-state index contributed by atoms with van der Waals surface area (Å²) in [6.07, 6.45) is 0.659. The summed E-state index contributed by atoms with van der Waals surface area (Å²) >= 11 is 11.4. The van der Waals surface area contributed by atoms with Crippen LogP contribution in [0.3, 0.4) is 0 Å². The van der Waals surface area contributed by atoms with Gasteiger partial charge in [0.25, 0.3) is 0 Å². The Labute approximate surface area is 108 Å². The summed E-state index contributed by atoms with van der Waals surface area (Å²) in [7, 11) is -3.77. The van der Waals surface area contributed by atoms with Gasteiger partial charge >= 0.3 is 5.97 Å². The summed E-state index contributed by atoms with van der Waals surface area (Å²) in [6.45, 7) is 0. The largest absolute Gasteiger partial charge is 0.481 e. The molecule has 0 fully saturated rings. The molecule has 0 unspecified atom stereocenters. The standard InChI is InChI=1S/C10H8Cl2O4S/c11-7-3-4-8(12)9(6-7)17(15,16)5-1-2-10(13)14/h1,3-6H,2H2,(H,13,14). The van der Waals surface area contributed by atoms with Crippen LogP contribution in [-0.4, -0.2) is 19.5 Å². The number of halogens is 2. The number of carboxylic acid groups (broad SMARTS) is 1. The smallest absolute Gasteiger partial charge is 0.307 e. The van der Waals surface area contributed by atoms with Gasteiger partial charge in [-0.1, -0.05) is 29.3 Å². The lowest BCUT2D eigenvalue weighted by atomic mass is 10.4. The molecule has 0 saturated heterocycles. The third kappa shape index (κ3) is 4.03. The van der Waals surface area contributed by atoms with E-state index in [1.807, 2.05) is 0 Å². The quantitative estimate of drug-likeness (QED) is 0.927. The molecule has 1 N–H and O–H groups in total. The van der Waals surface area contributed by atoms with E-state index in [0.29, 0.717) is 0 Å². The van der Waals surface area contributed by atoms with E-state index in [0.717, 1.165) is 11.5 Å². The van der Waals surface area contributed by atoms with Gasteiger partial charge in [0.2, 0.25) is 9.84 Å².